The van der Waals surface area contributed by atoms with Gasteiger partial charge in [-0.25, -0.2) is 13.9 Å². The zero-order valence-corrected chi connectivity index (χ0v) is 31.6. The fourth-order valence-electron chi connectivity index (χ4n) is 7.52. The van der Waals surface area contributed by atoms with Gasteiger partial charge in [0, 0.05) is 47.8 Å². The molecule has 13 heteroatoms. The van der Waals surface area contributed by atoms with Crippen molar-refractivity contribution in [2.75, 3.05) is 13.1 Å². The van der Waals surface area contributed by atoms with Crippen LogP contribution in [0.4, 0.5) is 4.39 Å². The van der Waals surface area contributed by atoms with E-state index in [0.29, 0.717) is 41.5 Å². The minimum Gasteiger partial charge on any atom is -0.345 e. The molecule has 0 radical (unpaired) electrons. The molecule has 56 heavy (non-hydrogen) atoms. The van der Waals surface area contributed by atoms with Gasteiger partial charge >= 0.3 is 0 Å². The number of likely N-dealkylation sites (tertiary alicyclic amines) is 1. The molecule has 0 saturated carbocycles. The summed E-state index contributed by atoms with van der Waals surface area (Å²) in [7, 11) is 0. The number of rotatable bonds is 9. The molecular weight excluding hydrogens is 712 g/mol. The number of fused-ring (bicyclic) bond motifs is 1. The summed E-state index contributed by atoms with van der Waals surface area (Å²) in [5, 5.41) is 13.3. The number of aromatic nitrogens is 5. The van der Waals surface area contributed by atoms with Gasteiger partial charge in [0.15, 0.2) is 0 Å². The van der Waals surface area contributed by atoms with Crippen LogP contribution in [-0.2, 0) is 28.1 Å². The second-order valence-electron chi connectivity index (χ2n) is 15.7. The van der Waals surface area contributed by atoms with Gasteiger partial charge in [0.05, 0.1) is 17.1 Å². The molecule has 0 aliphatic carbocycles. The maximum absolute atomic E-state index is 15.3. The summed E-state index contributed by atoms with van der Waals surface area (Å²) >= 11 is 0. The Labute approximate surface area is 323 Å². The summed E-state index contributed by atoms with van der Waals surface area (Å²) in [6, 6.07) is 23.8. The van der Waals surface area contributed by atoms with Gasteiger partial charge in [0.2, 0.25) is 17.7 Å². The van der Waals surface area contributed by atoms with E-state index in [2.05, 4.69) is 84.3 Å². The summed E-state index contributed by atoms with van der Waals surface area (Å²) in [6.45, 7) is 8.54. The molecule has 286 valence electrons. The second-order valence-corrected chi connectivity index (χ2v) is 15.7. The highest BCUT2D eigenvalue weighted by molar-refractivity contribution is 6.01. The van der Waals surface area contributed by atoms with Crippen LogP contribution in [0.2, 0.25) is 0 Å². The molecule has 2 aliphatic rings. The molecule has 2 aliphatic heterocycles. The third kappa shape index (κ3) is 7.85. The number of halogens is 1. The summed E-state index contributed by atoms with van der Waals surface area (Å²) in [5.74, 6) is -0.936. The average Bonchev–Trinajstić information content (AvgIpc) is 3.87. The number of hydrogen-bond donors (Lipinski definition) is 2. The Hall–Kier alpha value is -6.08. The number of hydrogen-bond acceptors (Lipinski definition) is 9. The van der Waals surface area contributed by atoms with Crippen molar-refractivity contribution in [1.29, 1.82) is 0 Å². The first kappa shape index (κ1) is 36.9. The summed E-state index contributed by atoms with van der Waals surface area (Å²) in [6.07, 6.45) is 6.49. The minimum atomic E-state index is -0.548. The minimum absolute atomic E-state index is 0.0445. The van der Waals surface area contributed by atoms with E-state index in [0.717, 1.165) is 54.7 Å². The van der Waals surface area contributed by atoms with Crippen LogP contribution in [0.15, 0.2) is 89.8 Å². The van der Waals surface area contributed by atoms with Crippen molar-refractivity contribution in [3.8, 4) is 22.4 Å². The van der Waals surface area contributed by atoms with Crippen LogP contribution in [0.3, 0.4) is 0 Å². The number of carbonyl (C=O) groups excluding carboxylic acids is 3. The second kappa shape index (κ2) is 15.2. The van der Waals surface area contributed by atoms with Gasteiger partial charge in [0.1, 0.15) is 12.1 Å². The molecule has 0 bridgehead atoms. The van der Waals surface area contributed by atoms with Crippen LogP contribution in [0.1, 0.15) is 97.1 Å². The van der Waals surface area contributed by atoms with Gasteiger partial charge in [-0.3, -0.25) is 24.6 Å². The third-order valence-electron chi connectivity index (χ3n) is 10.8. The first-order chi connectivity index (χ1) is 27.0. The average molecular weight is 755 g/mol. The Kier molecular flexibility index (Phi) is 10.0. The highest BCUT2D eigenvalue weighted by Gasteiger charge is 2.29. The van der Waals surface area contributed by atoms with E-state index >= 15 is 4.39 Å². The third-order valence-corrected chi connectivity index (χ3v) is 10.8. The quantitative estimate of drug-likeness (QED) is 0.154. The van der Waals surface area contributed by atoms with Crippen molar-refractivity contribution in [2.24, 2.45) is 0 Å². The Morgan fingerprint density at radius 3 is 2.36 bits per heavy atom. The zero-order valence-electron chi connectivity index (χ0n) is 31.6. The predicted octanol–water partition coefficient (Wildman–Crippen LogP) is 6.71. The monoisotopic (exact) mass is 754 g/mol. The van der Waals surface area contributed by atoms with Crippen molar-refractivity contribution in [3.05, 3.63) is 125 Å². The topological polar surface area (TPSA) is 148 Å². The largest absolute Gasteiger partial charge is 0.345 e. The van der Waals surface area contributed by atoms with Crippen molar-refractivity contribution in [1.82, 2.24) is 40.3 Å². The predicted molar refractivity (Wildman–Crippen MR) is 207 cm³/mol. The fourth-order valence-corrected chi connectivity index (χ4v) is 7.52. The fraction of sp³-hybridized carbons (Fsp3) is 0.326. The maximum Gasteiger partial charge on any atom is 0.292 e. The molecule has 12 nitrogen and oxygen atoms in total. The van der Waals surface area contributed by atoms with E-state index in [4.69, 9.17) is 4.52 Å². The van der Waals surface area contributed by atoms with Crippen molar-refractivity contribution in [3.63, 3.8) is 0 Å². The van der Waals surface area contributed by atoms with Crippen molar-refractivity contribution >= 4 is 23.2 Å². The number of imide groups is 1. The van der Waals surface area contributed by atoms with E-state index in [-0.39, 0.29) is 30.1 Å². The molecule has 3 aromatic carbocycles. The molecule has 3 aromatic heterocycles. The lowest BCUT2D eigenvalue weighted by Gasteiger charge is -2.32. The van der Waals surface area contributed by atoms with Crippen LogP contribution in [0.25, 0.3) is 27.9 Å². The molecular formula is C43H43FN8O4. The number of amides is 3. The SMILES string of the molecule is CC(C)(C)c1nc(C(=O)NCc2ccc(-c3ncnn4cc(-c5ccc(CN6CCC(c7ccc(C8CCC(=O)NC8=O)cc7)CC6)cc5)cc34)cc2F)no1. The van der Waals surface area contributed by atoms with Crippen LogP contribution in [0, 0.1) is 5.82 Å². The van der Waals surface area contributed by atoms with Gasteiger partial charge in [-0.15, -0.1) is 0 Å². The highest BCUT2D eigenvalue weighted by atomic mass is 19.1. The molecule has 0 spiro atoms. The Bertz CT molecular complexity index is 2410. The van der Waals surface area contributed by atoms with Gasteiger partial charge in [-0.2, -0.15) is 10.1 Å². The smallest absolute Gasteiger partial charge is 0.292 e. The Morgan fingerprint density at radius 1 is 0.929 bits per heavy atom. The highest BCUT2D eigenvalue weighted by Crippen LogP contribution is 2.33. The first-order valence-corrected chi connectivity index (χ1v) is 19.0. The van der Waals surface area contributed by atoms with Gasteiger partial charge in [0.25, 0.3) is 11.7 Å². The van der Waals surface area contributed by atoms with E-state index in [9.17, 15) is 14.4 Å². The molecule has 8 rings (SSSR count). The van der Waals surface area contributed by atoms with Gasteiger partial charge in [-0.1, -0.05) is 86.6 Å². The number of nitrogens with one attached hydrogen (secondary N) is 2. The Morgan fingerprint density at radius 2 is 1.66 bits per heavy atom. The van der Waals surface area contributed by atoms with Crippen LogP contribution in [-0.4, -0.2) is 60.4 Å². The van der Waals surface area contributed by atoms with E-state index in [1.54, 1.807) is 16.6 Å². The summed E-state index contributed by atoms with van der Waals surface area (Å²) < 4.78 is 22.3. The van der Waals surface area contributed by atoms with Crippen LogP contribution < -0.4 is 10.6 Å². The summed E-state index contributed by atoms with van der Waals surface area (Å²) in [4.78, 5) is 47.6. The lowest BCUT2D eigenvalue weighted by Crippen LogP contribution is -2.39. The zero-order chi connectivity index (χ0) is 39.0. The number of piperidine rings is 2. The van der Waals surface area contributed by atoms with Crippen molar-refractivity contribution in [2.45, 2.75) is 76.8 Å². The van der Waals surface area contributed by atoms with Gasteiger partial charge < -0.3 is 9.84 Å². The number of carbonyl (C=O) groups is 3. The molecule has 3 amide bonds. The van der Waals surface area contributed by atoms with Crippen molar-refractivity contribution < 1.29 is 23.3 Å². The molecule has 2 saturated heterocycles. The maximum atomic E-state index is 15.3. The molecule has 2 N–H and O–H groups in total. The lowest BCUT2D eigenvalue weighted by molar-refractivity contribution is -0.134. The van der Waals surface area contributed by atoms with Gasteiger partial charge in [-0.05, 0) is 72.7 Å². The normalized spacial score (nSPS) is 17.0. The standard InChI is InChI=1S/C43H43FN8O4/c1-43(2,3)42-49-39(50-56-42)41(55)45-22-32-13-12-31(20-35(32)44)38-36-21-33(24-52(36)47-25-46-38)28-6-4-26(5-7-28)23-51-18-16-29(17-19-51)27-8-10-30(11-9-27)34-14-15-37(53)48-40(34)54/h4-13,20-21,24-25,29,34H,14-19,22-23H2,1-3H3,(H,45,55)(H,48,53,54). The molecule has 6 aromatic rings. The number of benzene rings is 3. The Balaban J connectivity index is 0.872. The lowest BCUT2D eigenvalue weighted by atomic mass is 9.86. The summed E-state index contributed by atoms with van der Waals surface area (Å²) in [5.41, 5.74) is 7.36. The van der Waals surface area contributed by atoms with Crippen LogP contribution in [0.5, 0.6) is 0 Å². The molecule has 1 unspecified atom stereocenters. The van der Waals surface area contributed by atoms with E-state index < -0.39 is 17.1 Å². The first-order valence-electron chi connectivity index (χ1n) is 19.0. The van der Waals surface area contributed by atoms with Crippen LogP contribution >= 0.6 is 0 Å². The van der Waals surface area contributed by atoms with E-state index in [1.165, 1.54) is 23.5 Å². The molecule has 1 atom stereocenters. The van der Waals surface area contributed by atoms with E-state index in [1.807, 2.05) is 33.0 Å². The number of nitrogens with zero attached hydrogens (tertiary/aromatic N) is 6. The molecule has 2 fully saturated rings. The molecule has 5 heterocycles.